The fourth-order valence-corrected chi connectivity index (χ4v) is 4.28. The molecule has 1 unspecified atom stereocenters. The molecule has 0 aliphatic carbocycles. The van der Waals surface area contributed by atoms with Crippen molar-refractivity contribution in [2.24, 2.45) is 0 Å². The molecule has 0 saturated heterocycles. The zero-order chi connectivity index (χ0) is 18.0. The van der Waals surface area contributed by atoms with Crippen molar-refractivity contribution in [3.63, 3.8) is 0 Å². The van der Waals surface area contributed by atoms with E-state index in [2.05, 4.69) is 79.0 Å². The maximum Gasteiger partial charge on any atom is 0.123 e. The Morgan fingerprint density at radius 3 is 2.64 bits per heavy atom. The van der Waals surface area contributed by atoms with Crippen LogP contribution in [0.25, 0.3) is 10.6 Å². The molecule has 0 saturated carbocycles. The minimum Gasteiger partial charge on any atom is -0.305 e. The highest BCUT2D eigenvalue weighted by Gasteiger charge is 2.17. The van der Waals surface area contributed by atoms with Crippen molar-refractivity contribution in [2.45, 2.75) is 53.8 Å². The summed E-state index contributed by atoms with van der Waals surface area (Å²) in [6.07, 6.45) is 1.99. The number of hydrogen-bond donors (Lipinski definition) is 1. The van der Waals surface area contributed by atoms with E-state index in [-0.39, 0.29) is 6.04 Å². The molecule has 0 aliphatic rings. The Labute approximate surface area is 153 Å². The number of aryl methyl sites for hydroxylation is 3. The fraction of sp³-hybridized carbons (Fsp3) is 0.400. The molecular weight excluding hydrogens is 328 g/mol. The van der Waals surface area contributed by atoms with Crippen LogP contribution in [0.4, 0.5) is 0 Å². The molecule has 4 nitrogen and oxygen atoms in total. The number of nitrogens with one attached hydrogen (secondary N) is 1. The summed E-state index contributed by atoms with van der Waals surface area (Å²) in [5.41, 5.74) is 6.17. The summed E-state index contributed by atoms with van der Waals surface area (Å²) in [6, 6.07) is 8.68. The zero-order valence-corrected chi connectivity index (χ0v) is 16.4. The first-order valence-corrected chi connectivity index (χ1v) is 9.60. The molecule has 2 heterocycles. The number of hydrogen-bond acceptors (Lipinski definition) is 4. The Hall–Kier alpha value is -1.98. The smallest absolute Gasteiger partial charge is 0.123 e. The van der Waals surface area contributed by atoms with Gasteiger partial charge >= 0.3 is 0 Å². The molecule has 0 aliphatic heterocycles. The van der Waals surface area contributed by atoms with Crippen molar-refractivity contribution in [3.05, 3.63) is 57.9 Å². The van der Waals surface area contributed by atoms with Gasteiger partial charge in [-0.15, -0.1) is 11.3 Å². The van der Waals surface area contributed by atoms with E-state index in [0.29, 0.717) is 0 Å². The van der Waals surface area contributed by atoms with Gasteiger partial charge in [0.2, 0.25) is 0 Å². The average molecular weight is 355 g/mol. The van der Waals surface area contributed by atoms with Crippen LogP contribution in [0.3, 0.4) is 0 Å². The van der Waals surface area contributed by atoms with Gasteiger partial charge in [0, 0.05) is 47.0 Å². The van der Waals surface area contributed by atoms with Crippen LogP contribution in [-0.2, 0) is 13.1 Å². The van der Waals surface area contributed by atoms with Gasteiger partial charge in [0.25, 0.3) is 0 Å². The Morgan fingerprint density at radius 2 is 1.96 bits per heavy atom. The van der Waals surface area contributed by atoms with Crippen LogP contribution in [0.2, 0.25) is 0 Å². The number of thiazole rings is 1. The normalized spacial score (nSPS) is 12.5. The molecular formula is C20H26N4S. The Morgan fingerprint density at radius 1 is 1.20 bits per heavy atom. The third-order valence-corrected chi connectivity index (χ3v) is 5.71. The summed E-state index contributed by atoms with van der Waals surface area (Å²) in [7, 11) is 0. The van der Waals surface area contributed by atoms with Crippen molar-refractivity contribution in [3.8, 4) is 10.6 Å². The zero-order valence-electron chi connectivity index (χ0n) is 15.6. The van der Waals surface area contributed by atoms with E-state index in [9.17, 15) is 0 Å². The molecule has 0 fully saturated rings. The van der Waals surface area contributed by atoms with Gasteiger partial charge in [0.1, 0.15) is 5.01 Å². The molecule has 25 heavy (non-hydrogen) atoms. The minimum absolute atomic E-state index is 0.268. The number of benzene rings is 1. The van der Waals surface area contributed by atoms with Crippen molar-refractivity contribution in [1.29, 1.82) is 0 Å². The van der Waals surface area contributed by atoms with Gasteiger partial charge in [-0.25, -0.2) is 4.98 Å². The predicted octanol–water partition coefficient (Wildman–Crippen LogP) is 4.80. The largest absolute Gasteiger partial charge is 0.305 e. The van der Waals surface area contributed by atoms with Gasteiger partial charge in [-0.1, -0.05) is 24.3 Å². The van der Waals surface area contributed by atoms with Gasteiger partial charge in [0.05, 0.1) is 5.69 Å². The lowest BCUT2D eigenvalue weighted by Gasteiger charge is -2.14. The molecule has 0 bridgehead atoms. The topological polar surface area (TPSA) is 42.7 Å². The minimum atomic E-state index is 0.268. The molecule has 0 radical (unpaired) electrons. The first-order valence-electron chi connectivity index (χ1n) is 8.79. The summed E-state index contributed by atoms with van der Waals surface area (Å²) in [6.45, 7) is 12.4. The summed E-state index contributed by atoms with van der Waals surface area (Å²) in [4.78, 5) is 5.87. The van der Waals surface area contributed by atoms with Crippen molar-refractivity contribution >= 4 is 11.3 Å². The first kappa shape index (κ1) is 17.8. The lowest BCUT2D eigenvalue weighted by atomic mass is 10.1. The van der Waals surface area contributed by atoms with Crippen LogP contribution in [-0.4, -0.2) is 14.8 Å². The van der Waals surface area contributed by atoms with Crippen LogP contribution in [0.1, 0.15) is 47.3 Å². The molecule has 132 valence electrons. The summed E-state index contributed by atoms with van der Waals surface area (Å²) < 4.78 is 2.08. The van der Waals surface area contributed by atoms with Crippen LogP contribution in [0, 0.1) is 20.8 Å². The van der Waals surface area contributed by atoms with E-state index in [4.69, 9.17) is 0 Å². The Bertz CT molecular complexity index is 862. The molecule has 1 N–H and O–H groups in total. The first-order chi connectivity index (χ1) is 12.0. The third-order valence-electron chi connectivity index (χ3n) is 4.68. The van der Waals surface area contributed by atoms with Crippen LogP contribution < -0.4 is 5.32 Å². The molecule has 3 rings (SSSR count). The van der Waals surface area contributed by atoms with Gasteiger partial charge in [-0.2, -0.15) is 5.10 Å². The van der Waals surface area contributed by atoms with Gasteiger partial charge < -0.3 is 5.32 Å². The van der Waals surface area contributed by atoms with Gasteiger partial charge in [-0.05, 0) is 40.2 Å². The standard InChI is InChI=1S/C20H26N4S/c1-6-24-16(5)19(15(4)23-24)14(3)21-11-17-12-22-20(25-17)18-10-8-7-9-13(18)2/h7-10,12,14,21H,6,11H2,1-5H3. The lowest BCUT2D eigenvalue weighted by molar-refractivity contribution is 0.569. The molecule has 0 spiro atoms. The summed E-state index contributed by atoms with van der Waals surface area (Å²) in [5, 5.41) is 9.35. The van der Waals surface area contributed by atoms with Gasteiger partial charge in [0.15, 0.2) is 0 Å². The molecule has 2 aromatic heterocycles. The van der Waals surface area contributed by atoms with E-state index < -0.39 is 0 Å². The average Bonchev–Trinajstić information content (AvgIpc) is 3.17. The molecule has 5 heteroatoms. The van der Waals surface area contributed by atoms with Gasteiger partial charge in [-0.3, -0.25) is 4.68 Å². The Balaban J connectivity index is 1.70. The van der Waals surface area contributed by atoms with Crippen LogP contribution >= 0.6 is 11.3 Å². The highest BCUT2D eigenvalue weighted by atomic mass is 32.1. The highest BCUT2D eigenvalue weighted by Crippen LogP contribution is 2.28. The highest BCUT2D eigenvalue weighted by molar-refractivity contribution is 7.15. The predicted molar refractivity (Wildman–Crippen MR) is 105 cm³/mol. The van der Waals surface area contributed by atoms with E-state index in [1.807, 2.05) is 6.20 Å². The quantitative estimate of drug-likeness (QED) is 0.691. The number of nitrogens with zero attached hydrogens (tertiary/aromatic N) is 3. The monoisotopic (exact) mass is 354 g/mol. The summed E-state index contributed by atoms with van der Waals surface area (Å²) >= 11 is 1.76. The van der Waals surface area contributed by atoms with Crippen LogP contribution in [0.15, 0.2) is 30.5 Å². The molecule has 3 aromatic rings. The van der Waals surface area contributed by atoms with Crippen molar-refractivity contribution < 1.29 is 0 Å². The third kappa shape index (κ3) is 3.67. The van der Waals surface area contributed by atoms with Crippen LogP contribution in [0.5, 0.6) is 0 Å². The second-order valence-corrected chi connectivity index (χ2v) is 7.56. The second kappa shape index (κ2) is 7.50. The molecule has 0 amide bonds. The van der Waals surface area contributed by atoms with E-state index >= 15 is 0 Å². The van der Waals surface area contributed by atoms with E-state index in [1.165, 1.54) is 27.3 Å². The maximum absolute atomic E-state index is 4.63. The Kier molecular flexibility index (Phi) is 5.35. The SMILES string of the molecule is CCn1nc(C)c(C(C)NCc2cnc(-c3ccccc3C)s2)c1C. The number of aromatic nitrogens is 3. The van der Waals surface area contributed by atoms with E-state index in [1.54, 1.807) is 11.3 Å². The van der Waals surface area contributed by atoms with E-state index in [0.717, 1.165) is 23.8 Å². The summed E-state index contributed by atoms with van der Waals surface area (Å²) in [5.74, 6) is 0. The van der Waals surface area contributed by atoms with Crippen molar-refractivity contribution in [1.82, 2.24) is 20.1 Å². The fourth-order valence-electron chi connectivity index (χ4n) is 3.33. The lowest BCUT2D eigenvalue weighted by Crippen LogP contribution is -2.18. The second-order valence-electron chi connectivity index (χ2n) is 6.45. The molecule has 1 aromatic carbocycles. The van der Waals surface area contributed by atoms with Crippen molar-refractivity contribution in [2.75, 3.05) is 0 Å². The maximum atomic E-state index is 4.63. The number of rotatable bonds is 6. The molecule has 1 atom stereocenters.